The summed E-state index contributed by atoms with van der Waals surface area (Å²) in [5.41, 5.74) is -0.632. The topological polar surface area (TPSA) is 77.8 Å². The highest BCUT2D eigenvalue weighted by Crippen LogP contribution is 2.59. The standard InChI is InChI=1S/C33H43F5O4S/c1-4-5-6-7-8-9-11-26(30(2,29(41)42)18-10-19-32(34,35)33(36,37)38)28-25-17-16-24(40)20-27(25)43-21-31(28,3)22-12-14-23(39)15-13-22/h12-17,20,26,28,39-40H,4-11,18-19,21H2,1-3H3,(H,41,42). The van der Waals surface area contributed by atoms with Gasteiger partial charge in [0, 0.05) is 22.5 Å². The van der Waals surface area contributed by atoms with Gasteiger partial charge in [0.05, 0.1) is 5.41 Å². The Morgan fingerprint density at radius 1 is 0.930 bits per heavy atom. The Morgan fingerprint density at radius 2 is 1.53 bits per heavy atom. The second kappa shape index (κ2) is 14.1. The number of carboxylic acid groups (broad SMARTS) is 1. The van der Waals surface area contributed by atoms with Crippen molar-refractivity contribution in [3.63, 3.8) is 0 Å². The molecule has 3 N–H and O–H groups in total. The Labute approximate surface area is 255 Å². The van der Waals surface area contributed by atoms with E-state index in [1.165, 1.54) is 18.7 Å². The van der Waals surface area contributed by atoms with Gasteiger partial charge in [-0.3, -0.25) is 4.79 Å². The molecule has 0 spiro atoms. The second-order valence-corrected chi connectivity index (χ2v) is 13.4. The maximum absolute atomic E-state index is 13.9. The number of aliphatic carboxylic acids is 1. The van der Waals surface area contributed by atoms with Crippen molar-refractivity contribution in [1.82, 2.24) is 0 Å². The minimum atomic E-state index is -5.70. The van der Waals surface area contributed by atoms with Gasteiger partial charge in [0.15, 0.2) is 0 Å². The Balaban J connectivity index is 2.11. The van der Waals surface area contributed by atoms with Crippen LogP contribution in [0.25, 0.3) is 0 Å². The molecule has 0 bridgehead atoms. The van der Waals surface area contributed by atoms with Gasteiger partial charge in [-0.15, -0.1) is 11.8 Å². The van der Waals surface area contributed by atoms with Gasteiger partial charge in [-0.1, -0.05) is 70.6 Å². The molecule has 2 aromatic rings. The van der Waals surface area contributed by atoms with Crippen LogP contribution in [0.3, 0.4) is 0 Å². The number of carboxylic acids is 1. The Kier molecular flexibility index (Phi) is 11.5. The average molecular weight is 631 g/mol. The average Bonchev–Trinajstić information content (AvgIpc) is 2.92. The van der Waals surface area contributed by atoms with E-state index in [0.717, 1.165) is 48.1 Å². The molecule has 240 valence electrons. The Bertz CT molecular complexity index is 1220. The molecule has 43 heavy (non-hydrogen) atoms. The maximum atomic E-state index is 13.9. The molecule has 1 aliphatic rings. The first-order valence-electron chi connectivity index (χ1n) is 15.0. The van der Waals surface area contributed by atoms with Gasteiger partial charge >= 0.3 is 18.1 Å². The van der Waals surface area contributed by atoms with Crippen LogP contribution >= 0.6 is 11.8 Å². The molecule has 1 heterocycles. The van der Waals surface area contributed by atoms with Gasteiger partial charge in [0.25, 0.3) is 0 Å². The van der Waals surface area contributed by atoms with E-state index >= 15 is 0 Å². The van der Waals surface area contributed by atoms with Crippen molar-refractivity contribution in [1.29, 1.82) is 0 Å². The van der Waals surface area contributed by atoms with Gasteiger partial charge in [-0.25, -0.2) is 0 Å². The normalized spacial score (nSPS) is 21.2. The summed E-state index contributed by atoms with van der Waals surface area (Å²) in [7, 11) is 0. The van der Waals surface area contributed by atoms with E-state index in [9.17, 15) is 42.1 Å². The SMILES string of the molecule is CCCCCCCCC(C1c2ccc(O)cc2SCC1(C)c1ccc(O)cc1)C(C)(CCCC(F)(F)C(F)(F)F)C(=O)O. The van der Waals surface area contributed by atoms with Crippen LogP contribution in [0.1, 0.15) is 102 Å². The number of thioether (sulfide) groups is 1. The van der Waals surface area contributed by atoms with Crippen LogP contribution in [0.15, 0.2) is 47.4 Å². The number of hydrogen-bond acceptors (Lipinski definition) is 4. The maximum Gasteiger partial charge on any atom is 0.453 e. The highest BCUT2D eigenvalue weighted by molar-refractivity contribution is 7.99. The fraction of sp³-hybridized carbons (Fsp3) is 0.606. The van der Waals surface area contributed by atoms with E-state index in [1.54, 1.807) is 42.5 Å². The number of carbonyl (C=O) groups is 1. The second-order valence-electron chi connectivity index (χ2n) is 12.4. The minimum absolute atomic E-state index is 0.0566. The first-order valence-corrected chi connectivity index (χ1v) is 16.0. The molecule has 0 saturated carbocycles. The molecule has 0 amide bonds. The fourth-order valence-electron chi connectivity index (χ4n) is 6.60. The summed E-state index contributed by atoms with van der Waals surface area (Å²) >= 11 is 1.52. The number of halogens is 5. The van der Waals surface area contributed by atoms with Gasteiger partial charge in [0.1, 0.15) is 11.5 Å². The highest BCUT2D eigenvalue weighted by atomic mass is 32.2. The first kappa shape index (κ1) is 35.0. The van der Waals surface area contributed by atoms with Gasteiger partial charge in [0.2, 0.25) is 0 Å². The molecular formula is C33H43F5O4S. The third kappa shape index (κ3) is 7.97. The molecule has 0 saturated heterocycles. The molecule has 3 rings (SSSR count). The molecule has 10 heteroatoms. The number of hydrogen-bond donors (Lipinski definition) is 3. The number of rotatable bonds is 15. The van der Waals surface area contributed by atoms with E-state index in [4.69, 9.17) is 0 Å². The van der Waals surface area contributed by atoms with Gasteiger partial charge < -0.3 is 15.3 Å². The van der Waals surface area contributed by atoms with Crippen LogP contribution in [0.2, 0.25) is 0 Å². The zero-order chi connectivity index (χ0) is 32.1. The lowest BCUT2D eigenvalue weighted by Crippen LogP contribution is -2.48. The highest BCUT2D eigenvalue weighted by Gasteiger charge is 2.58. The quantitative estimate of drug-likeness (QED) is 0.135. The summed E-state index contributed by atoms with van der Waals surface area (Å²) in [5, 5.41) is 30.9. The molecule has 2 aromatic carbocycles. The van der Waals surface area contributed by atoms with Crippen molar-refractivity contribution >= 4 is 17.7 Å². The number of benzene rings is 2. The van der Waals surface area contributed by atoms with Crippen LogP contribution in [-0.4, -0.2) is 39.1 Å². The van der Waals surface area contributed by atoms with E-state index in [0.29, 0.717) is 18.6 Å². The number of aromatic hydroxyl groups is 2. The van der Waals surface area contributed by atoms with Crippen molar-refractivity contribution < 1.29 is 42.1 Å². The number of unbranched alkanes of at least 4 members (excludes halogenated alkanes) is 5. The summed E-state index contributed by atoms with van der Waals surface area (Å²) in [4.78, 5) is 13.9. The van der Waals surface area contributed by atoms with Crippen LogP contribution in [0.5, 0.6) is 11.5 Å². The number of alkyl halides is 5. The fourth-order valence-corrected chi connectivity index (χ4v) is 7.97. The lowest BCUT2D eigenvalue weighted by atomic mass is 9.56. The molecular weight excluding hydrogens is 587 g/mol. The Morgan fingerprint density at radius 3 is 2.14 bits per heavy atom. The molecule has 0 fully saturated rings. The molecule has 0 aliphatic carbocycles. The van der Waals surface area contributed by atoms with Crippen LogP contribution < -0.4 is 0 Å². The molecule has 0 aromatic heterocycles. The summed E-state index contributed by atoms with van der Waals surface area (Å²) in [6, 6.07) is 11.6. The van der Waals surface area contributed by atoms with Crippen LogP contribution in [0, 0.1) is 11.3 Å². The van der Waals surface area contributed by atoms with E-state index in [2.05, 4.69) is 6.92 Å². The van der Waals surface area contributed by atoms with Crippen molar-refractivity contribution in [2.75, 3.05) is 5.75 Å². The lowest BCUT2D eigenvalue weighted by Gasteiger charge is -2.51. The minimum Gasteiger partial charge on any atom is -0.508 e. The largest absolute Gasteiger partial charge is 0.508 e. The number of fused-ring (bicyclic) bond motifs is 1. The molecule has 4 unspecified atom stereocenters. The predicted molar refractivity (Wildman–Crippen MR) is 159 cm³/mol. The van der Waals surface area contributed by atoms with Crippen molar-refractivity contribution in [2.24, 2.45) is 11.3 Å². The third-order valence-electron chi connectivity index (χ3n) is 9.25. The van der Waals surface area contributed by atoms with Crippen molar-refractivity contribution in [3.05, 3.63) is 53.6 Å². The van der Waals surface area contributed by atoms with Crippen LogP contribution in [-0.2, 0) is 10.2 Å². The van der Waals surface area contributed by atoms with Gasteiger partial charge in [-0.2, -0.15) is 22.0 Å². The first-order chi connectivity index (χ1) is 20.1. The van der Waals surface area contributed by atoms with E-state index in [1.807, 2.05) is 6.92 Å². The zero-order valence-corrected chi connectivity index (χ0v) is 25.8. The number of phenols is 2. The van der Waals surface area contributed by atoms with Crippen molar-refractivity contribution in [2.45, 2.75) is 113 Å². The summed E-state index contributed by atoms with van der Waals surface area (Å²) in [6.45, 7) is 5.61. The monoisotopic (exact) mass is 630 g/mol. The molecule has 0 radical (unpaired) electrons. The molecule has 4 atom stereocenters. The van der Waals surface area contributed by atoms with Crippen molar-refractivity contribution in [3.8, 4) is 11.5 Å². The smallest absolute Gasteiger partial charge is 0.453 e. The third-order valence-corrected chi connectivity index (χ3v) is 10.7. The lowest BCUT2D eigenvalue weighted by molar-refractivity contribution is -0.285. The summed E-state index contributed by atoms with van der Waals surface area (Å²) in [6.07, 6.45) is -2.04. The molecule has 1 aliphatic heterocycles. The van der Waals surface area contributed by atoms with Gasteiger partial charge in [-0.05, 0) is 73.4 Å². The zero-order valence-electron chi connectivity index (χ0n) is 25.0. The van der Waals surface area contributed by atoms with Crippen LogP contribution in [0.4, 0.5) is 22.0 Å². The Hall–Kier alpha value is -2.49. The molecule has 4 nitrogen and oxygen atoms in total. The van der Waals surface area contributed by atoms with E-state index < -0.39 is 53.6 Å². The predicted octanol–water partition coefficient (Wildman–Crippen LogP) is 10.1. The number of phenolic OH excluding ortho intramolecular Hbond substituents is 2. The summed E-state index contributed by atoms with van der Waals surface area (Å²) in [5.74, 6) is -6.60. The summed E-state index contributed by atoms with van der Waals surface area (Å²) < 4.78 is 66.7. The van der Waals surface area contributed by atoms with E-state index in [-0.39, 0.29) is 17.9 Å².